The van der Waals surface area contributed by atoms with Crippen LogP contribution in [0.3, 0.4) is 0 Å². The SMILES string of the molecule is CN1CCC(Oc2cccc3ncnc(Nc4ccc(Sc5nccn5CC(=O)O)c(Cl)c4)c23)CC1.Cl. The molecule has 12 heteroatoms. The number of halogens is 2. The van der Waals surface area contributed by atoms with Gasteiger partial charge in [-0.05, 0) is 50.2 Å². The van der Waals surface area contributed by atoms with Crippen LogP contribution in [0.4, 0.5) is 11.5 Å². The van der Waals surface area contributed by atoms with Gasteiger partial charge in [-0.3, -0.25) is 4.79 Å². The van der Waals surface area contributed by atoms with Gasteiger partial charge in [0.25, 0.3) is 0 Å². The van der Waals surface area contributed by atoms with Crippen molar-refractivity contribution >= 4 is 64.1 Å². The number of carbonyl (C=O) groups is 1. The summed E-state index contributed by atoms with van der Waals surface area (Å²) >= 11 is 7.89. The van der Waals surface area contributed by atoms with Gasteiger partial charge in [-0.1, -0.05) is 29.4 Å². The lowest BCUT2D eigenvalue weighted by Crippen LogP contribution is -2.35. The van der Waals surface area contributed by atoms with Crippen LogP contribution in [0, 0.1) is 0 Å². The number of nitrogens with one attached hydrogen (secondary N) is 1. The van der Waals surface area contributed by atoms with Crippen LogP contribution in [-0.4, -0.2) is 61.7 Å². The number of likely N-dealkylation sites (tertiary alicyclic amines) is 1. The molecule has 0 radical (unpaired) electrons. The van der Waals surface area contributed by atoms with Gasteiger partial charge in [0.1, 0.15) is 30.5 Å². The number of carboxylic acid groups (broad SMARTS) is 1. The zero-order chi connectivity index (χ0) is 25.1. The number of ether oxygens (including phenoxy) is 1. The number of aliphatic carboxylic acids is 1. The van der Waals surface area contributed by atoms with Crippen LogP contribution in [-0.2, 0) is 11.3 Å². The van der Waals surface area contributed by atoms with E-state index in [1.165, 1.54) is 18.1 Å². The smallest absolute Gasteiger partial charge is 0.323 e. The monoisotopic (exact) mass is 560 g/mol. The molecule has 0 spiro atoms. The number of fused-ring (bicyclic) bond motifs is 1. The second-order valence-corrected chi connectivity index (χ2v) is 10.0. The van der Waals surface area contributed by atoms with Gasteiger partial charge in [-0.25, -0.2) is 15.0 Å². The number of aromatic nitrogens is 4. The minimum absolute atomic E-state index is 0. The standard InChI is InChI=1S/C25H25ClN6O3S.ClH/c1-31-10-7-17(8-11-31)35-20-4-2-3-19-23(20)24(29-15-28-19)30-16-5-6-21(18(26)13-16)36-25-27-9-12-32(25)14-22(33)34;/h2-6,9,12-13,15,17H,7-8,10-11,14H2,1H3,(H,33,34)(H,28,29,30);1H. The Hall–Kier alpha value is -3.05. The van der Waals surface area contributed by atoms with Crippen molar-refractivity contribution in [1.29, 1.82) is 0 Å². The lowest BCUT2D eigenvalue weighted by Gasteiger charge is -2.29. The van der Waals surface area contributed by atoms with Crippen LogP contribution in [0.1, 0.15) is 12.8 Å². The lowest BCUT2D eigenvalue weighted by atomic mass is 10.1. The van der Waals surface area contributed by atoms with Crippen molar-refractivity contribution in [2.75, 3.05) is 25.5 Å². The molecule has 1 saturated heterocycles. The molecule has 0 bridgehead atoms. The Morgan fingerprint density at radius 3 is 2.78 bits per heavy atom. The van der Waals surface area contributed by atoms with E-state index >= 15 is 0 Å². The average Bonchev–Trinajstić information content (AvgIpc) is 3.28. The molecule has 37 heavy (non-hydrogen) atoms. The van der Waals surface area contributed by atoms with Crippen LogP contribution in [0.2, 0.25) is 5.02 Å². The fourth-order valence-corrected chi connectivity index (χ4v) is 5.26. The zero-order valence-electron chi connectivity index (χ0n) is 20.0. The lowest BCUT2D eigenvalue weighted by molar-refractivity contribution is -0.137. The molecule has 0 aliphatic carbocycles. The molecule has 5 rings (SSSR count). The highest BCUT2D eigenvalue weighted by Crippen LogP contribution is 2.37. The number of anilines is 2. The van der Waals surface area contributed by atoms with Crippen molar-refractivity contribution in [3.05, 3.63) is 60.1 Å². The topological polar surface area (TPSA) is 105 Å². The summed E-state index contributed by atoms with van der Waals surface area (Å²) in [5.41, 5.74) is 1.55. The van der Waals surface area contributed by atoms with E-state index in [9.17, 15) is 4.79 Å². The summed E-state index contributed by atoms with van der Waals surface area (Å²) in [6.45, 7) is 1.86. The van der Waals surface area contributed by atoms with Crippen LogP contribution in [0.25, 0.3) is 10.9 Å². The maximum atomic E-state index is 11.1. The molecule has 1 aliphatic heterocycles. The molecule has 2 N–H and O–H groups in total. The maximum Gasteiger partial charge on any atom is 0.323 e. The number of hydrogen-bond donors (Lipinski definition) is 2. The first kappa shape index (κ1) is 27.0. The van der Waals surface area contributed by atoms with Gasteiger partial charge in [0.15, 0.2) is 5.16 Å². The van der Waals surface area contributed by atoms with E-state index < -0.39 is 5.97 Å². The highest BCUT2D eigenvalue weighted by Gasteiger charge is 2.20. The van der Waals surface area contributed by atoms with Crippen molar-refractivity contribution in [2.24, 2.45) is 0 Å². The summed E-state index contributed by atoms with van der Waals surface area (Å²) < 4.78 is 7.97. The molecular weight excluding hydrogens is 535 g/mol. The van der Waals surface area contributed by atoms with Gasteiger partial charge in [-0.2, -0.15) is 0 Å². The minimum atomic E-state index is -0.934. The maximum absolute atomic E-state index is 11.1. The van der Waals surface area contributed by atoms with E-state index in [0.717, 1.165) is 53.2 Å². The summed E-state index contributed by atoms with van der Waals surface area (Å²) in [6.07, 6.45) is 6.83. The number of benzene rings is 2. The second-order valence-electron chi connectivity index (χ2n) is 8.60. The van der Waals surface area contributed by atoms with Gasteiger partial charge in [0, 0.05) is 36.1 Å². The molecule has 0 saturated carbocycles. The summed E-state index contributed by atoms with van der Waals surface area (Å²) in [5.74, 6) is 0.461. The number of nitrogens with zero attached hydrogens (tertiary/aromatic N) is 5. The number of rotatable bonds is 8. The Morgan fingerprint density at radius 1 is 1.22 bits per heavy atom. The molecular formula is C25H26Cl2N6O3S. The molecule has 1 aliphatic rings. The third-order valence-corrected chi connectivity index (χ3v) is 7.49. The third-order valence-electron chi connectivity index (χ3n) is 5.96. The molecule has 2 aromatic carbocycles. The van der Waals surface area contributed by atoms with Gasteiger partial charge in [-0.15, -0.1) is 12.4 Å². The van der Waals surface area contributed by atoms with E-state index in [2.05, 4.69) is 32.2 Å². The zero-order valence-corrected chi connectivity index (χ0v) is 22.4. The molecule has 2 aromatic heterocycles. The van der Waals surface area contributed by atoms with E-state index in [1.807, 2.05) is 36.4 Å². The molecule has 194 valence electrons. The van der Waals surface area contributed by atoms with Crippen molar-refractivity contribution < 1.29 is 14.6 Å². The highest BCUT2D eigenvalue weighted by molar-refractivity contribution is 7.99. The molecule has 4 aromatic rings. The molecule has 0 unspecified atom stereocenters. The van der Waals surface area contributed by atoms with Crippen molar-refractivity contribution in [2.45, 2.75) is 35.5 Å². The molecule has 1 fully saturated rings. The van der Waals surface area contributed by atoms with Gasteiger partial charge in [0.2, 0.25) is 0 Å². The first-order chi connectivity index (χ1) is 17.5. The minimum Gasteiger partial charge on any atom is -0.489 e. The second kappa shape index (κ2) is 12.0. The van der Waals surface area contributed by atoms with Crippen LogP contribution in [0.15, 0.2) is 65.2 Å². The summed E-state index contributed by atoms with van der Waals surface area (Å²) in [6, 6.07) is 11.4. The summed E-state index contributed by atoms with van der Waals surface area (Å²) in [4.78, 5) is 27.3. The Labute approximate surface area is 229 Å². The number of hydrogen-bond acceptors (Lipinski definition) is 8. The summed E-state index contributed by atoms with van der Waals surface area (Å²) in [5, 5.41) is 14.3. The van der Waals surface area contributed by atoms with Crippen LogP contribution in [0.5, 0.6) is 5.75 Å². The van der Waals surface area contributed by atoms with Gasteiger partial charge in [0.05, 0.1) is 15.9 Å². The third kappa shape index (κ3) is 6.45. The van der Waals surface area contributed by atoms with E-state index in [-0.39, 0.29) is 25.1 Å². The predicted octanol–water partition coefficient (Wildman–Crippen LogP) is 5.35. The summed E-state index contributed by atoms with van der Waals surface area (Å²) in [7, 11) is 2.13. The van der Waals surface area contributed by atoms with Crippen LogP contribution < -0.4 is 10.1 Å². The van der Waals surface area contributed by atoms with Crippen molar-refractivity contribution in [1.82, 2.24) is 24.4 Å². The van der Waals surface area contributed by atoms with Crippen LogP contribution >= 0.6 is 35.8 Å². The molecule has 0 amide bonds. The number of imidazole rings is 1. The Bertz CT molecular complexity index is 1390. The fourth-order valence-electron chi connectivity index (χ4n) is 4.12. The number of piperidine rings is 1. The Kier molecular flexibility index (Phi) is 8.75. The first-order valence-electron chi connectivity index (χ1n) is 11.5. The van der Waals surface area contributed by atoms with Gasteiger partial charge < -0.3 is 24.6 Å². The van der Waals surface area contributed by atoms with Gasteiger partial charge >= 0.3 is 5.97 Å². The average molecular weight is 561 g/mol. The largest absolute Gasteiger partial charge is 0.489 e. The quantitative estimate of drug-likeness (QED) is 0.294. The first-order valence-corrected chi connectivity index (χ1v) is 12.7. The highest BCUT2D eigenvalue weighted by atomic mass is 35.5. The fraction of sp³-hybridized carbons (Fsp3) is 0.280. The Morgan fingerprint density at radius 2 is 2.03 bits per heavy atom. The van der Waals surface area contributed by atoms with E-state index in [0.29, 0.717) is 16.0 Å². The Balaban J connectivity index is 0.00000320. The van der Waals surface area contributed by atoms with Crippen molar-refractivity contribution in [3.63, 3.8) is 0 Å². The molecule has 0 atom stereocenters. The van der Waals surface area contributed by atoms with Crippen molar-refractivity contribution in [3.8, 4) is 5.75 Å². The predicted molar refractivity (Wildman–Crippen MR) is 147 cm³/mol. The molecule has 9 nitrogen and oxygen atoms in total. The van der Waals surface area contributed by atoms with E-state index in [1.54, 1.807) is 17.0 Å². The van der Waals surface area contributed by atoms with E-state index in [4.69, 9.17) is 21.4 Å². The molecule has 3 heterocycles. The normalized spacial score (nSPS) is 14.3. The number of carboxylic acids is 1.